The summed E-state index contributed by atoms with van der Waals surface area (Å²) in [5.74, 6) is 0. The fourth-order valence-electron chi connectivity index (χ4n) is 1.70. The molecule has 3 N–H and O–H groups in total. The summed E-state index contributed by atoms with van der Waals surface area (Å²) in [5, 5.41) is 14.4. The first-order valence-electron chi connectivity index (χ1n) is 5.91. The zero-order chi connectivity index (χ0) is 12.0. The van der Waals surface area contributed by atoms with E-state index >= 15 is 0 Å². The summed E-state index contributed by atoms with van der Waals surface area (Å²) in [7, 11) is 0. The number of rotatable bonds is 3. The van der Waals surface area contributed by atoms with Gasteiger partial charge in [-0.25, -0.2) is 4.79 Å². The molecule has 4 nitrogen and oxygen atoms in total. The van der Waals surface area contributed by atoms with Crippen LogP contribution in [0.5, 0.6) is 0 Å². The number of hydrogen-bond donors (Lipinski definition) is 3. The summed E-state index contributed by atoms with van der Waals surface area (Å²) in [6.45, 7) is 3.48. The van der Waals surface area contributed by atoms with E-state index in [1.807, 2.05) is 6.20 Å². The van der Waals surface area contributed by atoms with Crippen LogP contribution in [-0.2, 0) is 0 Å². The van der Waals surface area contributed by atoms with Crippen LogP contribution in [0.1, 0.15) is 46.0 Å². The van der Waals surface area contributed by atoms with Crippen LogP contribution in [0.2, 0.25) is 0 Å². The van der Waals surface area contributed by atoms with Gasteiger partial charge in [0.15, 0.2) is 0 Å². The highest BCUT2D eigenvalue weighted by Gasteiger charge is 2.18. The monoisotopic (exact) mass is 226 g/mol. The largest absolute Gasteiger partial charge is 0.394 e. The lowest BCUT2D eigenvalue weighted by atomic mass is 9.96. The number of nitrogens with one attached hydrogen (secondary N) is 2. The number of carbonyl (C=O) groups excluding carboxylic acids is 1. The predicted molar refractivity (Wildman–Crippen MR) is 64.0 cm³/mol. The molecule has 0 aromatic carbocycles. The van der Waals surface area contributed by atoms with Crippen molar-refractivity contribution in [3.63, 3.8) is 0 Å². The van der Waals surface area contributed by atoms with Crippen LogP contribution in [0.25, 0.3) is 0 Å². The van der Waals surface area contributed by atoms with Crippen molar-refractivity contribution < 1.29 is 9.90 Å². The van der Waals surface area contributed by atoms with E-state index < -0.39 is 5.54 Å². The molecule has 0 bridgehead atoms. The lowest BCUT2D eigenvalue weighted by Crippen LogP contribution is -2.49. The molecule has 0 atom stereocenters. The van der Waals surface area contributed by atoms with E-state index in [1.165, 1.54) is 24.8 Å². The second-order valence-electron chi connectivity index (χ2n) is 5.00. The van der Waals surface area contributed by atoms with Crippen molar-refractivity contribution in [1.29, 1.82) is 0 Å². The van der Waals surface area contributed by atoms with Crippen LogP contribution < -0.4 is 10.6 Å². The van der Waals surface area contributed by atoms with Crippen molar-refractivity contribution in [3.8, 4) is 0 Å². The van der Waals surface area contributed by atoms with E-state index in [-0.39, 0.29) is 12.6 Å². The summed E-state index contributed by atoms with van der Waals surface area (Å²) in [5.41, 5.74) is 0.734. The van der Waals surface area contributed by atoms with Crippen LogP contribution in [0.15, 0.2) is 11.8 Å². The highest BCUT2D eigenvalue weighted by atomic mass is 16.3. The molecule has 0 spiro atoms. The summed E-state index contributed by atoms with van der Waals surface area (Å²) in [6, 6.07) is -0.253. The van der Waals surface area contributed by atoms with Crippen molar-refractivity contribution in [2.45, 2.75) is 51.5 Å². The van der Waals surface area contributed by atoms with Gasteiger partial charge in [-0.2, -0.15) is 0 Å². The maximum absolute atomic E-state index is 11.5. The Hall–Kier alpha value is -1.03. The minimum Gasteiger partial charge on any atom is -0.394 e. The molecular formula is C12H22N2O2. The van der Waals surface area contributed by atoms with E-state index in [2.05, 4.69) is 10.6 Å². The molecule has 0 saturated heterocycles. The van der Waals surface area contributed by atoms with Crippen LogP contribution in [-0.4, -0.2) is 23.3 Å². The molecule has 0 aliphatic heterocycles. The van der Waals surface area contributed by atoms with Gasteiger partial charge < -0.3 is 15.7 Å². The molecule has 1 saturated carbocycles. The van der Waals surface area contributed by atoms with Gasteiger partial charge in [-0.05, 0) is 39.5 Å². The van der Waals surface area contributed by atoms with Gasteiger partial charge in [-0.15, -0.1) is 0 Å². The van der Waals surface area contributed by atoms with Gasteiger partial charge in [0.2, 0.25) is 0 Å². The van der Waals surface area contributed by atoms with Crippen molar-refractivity contribution in [2.24, 2.45) is 0 Å². The van der Waals surface area contributed by atoms with Gasteiger partial charge in [0, 0.05) is 6.20 Å². The molecule has 2 amide bonds. The van der Waals surface area contributed by atoms with Crippen molar-refractivity contribution in [3.05, 3.63) is 11.8 Å². The lowest BCUT2D eigenvalue weighted by molar-refractivity contribution is 0.183. The fraction of sp³-hybridized carbons (Fsp3) is 0.750. The molecular weight excluding hydrogens is 204 g/mol. The van der Waals surface area contributed by atoms with Gasteiger partial charge in [0.25, 0.3) is 0 Å². The molecule has 1 rings (SSSR count). The second-order valence-corrected chi connectivity index (χ2v) is 5.00. The Bertz CT molecular complexity index is 264. The van der Waals surface area contributed by atoms with Gasteiger partial charge in [-0.3, -0.25) is 0 Å². The minimum atomic E-state index is -0.574. The standard InChI is InChI=1S/C12H22N2O2/c1-12(2,9-15)14-11(16)13-8-10-6-4-3-5-7-10/h8,15H,3-7,9H2,1-2H3,(H2,13,14,16). The van der Waals surface area contributed by atoms with Gasteiger partial charge in [0.05, 0.1) is 12.1 Å². The Morgan fingerprint density at radius 2 is 2.00 bits per heavy atom. The third kappa shape index (κ3) is 4.66. The fourth-order valence-corrected chi connectivity index (χ4v) is 1.70. The van der Waals surface area contributed by atoms with Gasteiger partial charge in [-0.1, -0.05) is 12.0 Å². The molecule has 0 unspecified atom stereocenters. The Morgan fingerprint density at radius 1 is 1.38 bits per heavy atom. The van der Waals surface area contributed by atoms with E-state index in [1.54, 1.807) is 13.8 Å². The highest BCUT2D eigenvalue weighted by molar-refractivity contribution is 5.75. The Morgan fingerprint density at radius 3 is 2.56 bits per heavy atom. The zero-order valence-electron chi connectivity index (χ0n) is 10.2. The summed E-state index contributed by atoms with van der Waals surface area (Å²) < 4.78 is 0. The van der Waals surface area contributed by atoms with E-state index in [0.717, 1.165) is 12.8 Å². The van der Waals surface area contributed by atoms with Crippen LogP contribution >= 0.6 is 0 Å². The number of aliphatic hydroxyl groups excluding tert-OH is 1. The molecule has 16 heavy (non-hydrogen) atoms. The average molecular weight is 226 g/mol. The van der Waals surface area contributed by atoms with Crippen molar-refractivity contribution in [1.82, 2.24) is 10.6 Å². The first-order valence-corrected chi connectivity index (χ1v) is 5.91. The molecule has 0 aromatic heterocycles. The molecule has 92 valence electrons. The quantitative estimate of drug-likeness (QED) is 0.688. The summed E-state index contributed by atoms with van der Waals surface area (Å²) >= 11 is 0. The second kappa shape index (κ2) is 5.89. The maximum atomic E-state index is 11.5. The Labute approximate surface area is 97.1 Å². The lowest BCUT2D eigenvalue weighted by Gasteiger charge is -2.23. The van der Waals surface area contributed by atoms with Crippen LogP contribution in [0, 0.1) is 0 Å². The molecule has 0 radical (unpaired) electrons. The zero-order valence-corrected chi connectivity index (χ0v) is 10.2. The first-order chi connectivity index (χ1) is 7.53. The predicted octanol–water partition coefficient (Wildman–Crippen LogP) is 1.90. The average Bonchev–Trinajstić information content (AvgIpc) is 2.27. The van der Waals surface area contributed by atoms with Gasteiger partial charge in [0.1, 0.15) is 0 Å². The first kappa shape index (κ1) is 13.0. The highest BCUT2D eigenvalue weighted by Crippen LogP contribution is 2.21. The third-order valence-corrected chi connectivity index (χ3v) is 2.75. The van der Waals surface area contributed by atoms with E-state index in [4.69, 9.17) is 5.11 Å². The Kier molecular flexibility index (Phi) is 4.80. The van der Waals surface area contributed by atoms with E-state index in [9.17, 15) is 4.79 Å². The molecule has 1 aliphatic rings. The summed E-state index contributed by atoms with van der Waals surface area (Å²) in [4.78, 5) is 11.5. The number of allylic oxidation sites excluding steroid dienone is 1. The molecule has 4 heteroatoms. The molecule has 1 aliphatic carbocycles. The van der Waals surface area contributed by atoms with E-state index in [0.29, 0.717) is 0 Å². The minimum absolute atomic E-state index is 0.0724. The topological polar surface area (TPSA) is 61.4 Å². The Balaban J connectivity index is 2.34. The third-order valence-electron chi connectivity index (χ3n) is 2.75. The van der Waals surface area contributed by atoms with Crippen LogP contribution in [0.4, 0.5) is 4.79 Å². The SMILES string of the molecule is CC(C)(CO)NC(=O)NC=C1CCCCC1. The summed E-state index contributed by atoms with van der Waals surface area (Å²) in [6.07, 6.45) is 7.71. The maximum Gasteiger partial charge on any atom is 0.319 e. The number of amides is 2. The van der Waals surface area contributed by atoms with Crippen LogP contribution in [0.3, 0.4) is 0 Å². The molecule has 0 aromatic rings. The number of carbonyl (C=O) groups is 1. The van der Waals surface area contributed by atoms with Crippen molar-refractivity contribution >= 4 is 6.03 Å². The smallest absolute Gasteiger partial charge is 0.319 e. The molecule has 1 fully saturated rings. The molecule has 0 heterocycles. The number of aliphatic hydroxyl groups is 1. The normalized spacial score (nSPS) is 16.8. The van der Waals surface area contributed by atoms with Gasteiger partial charge >= 0.3 is 6.03 Å². The van der Waals surface area contributed by atoms with Crippen molar-refractivity contribution in [2.75, 3.05) is 6.61 Å². The number of urea groups is 1. The number of hydrogen-bond acceptors (Lipinski definition) is 2.